The molecule has 0 aliphatic heterocycles. The Balaban J connectivity index is 4.34. The minimum Gasteiger partial charge on any atom is -0.462 e. The van der Waals surface area contributed by atoms with Crippen molar-refractivity contribution in [3.05, 3.63) is 24.3 Å². The predicted octanol–water partition coefficient (Wildman–Crippen LogP) is 15.2. The minimum atomic E-state index is -0.768. The van der Waals surface area contributed by atoms with Crippen LogP contribution in [-0.2, 0) is 28.6 Å². The van der Waals surface area contributed by atoms with Crippen molar-refractivity contribution in [3.63, 3.8) is 0 Å². The third-order valence-corrected chi connectivity index (χ3v) is 10.5. The van der Waals surface area contributed by atoms with Gasteiger partial charge in [-0.15, -0.1) is 0 Å². The molecule has 0 radical (unpaired) electrons. The fourth-order valence-electron chi connectivity index (χ4n) is 6.82. The van der Waals surface area contributed by atoms with Gasteiger partial charge >= 0.3 is 17.9 Å². The van der Waals surface area contributed by atoms with Crippen LogP contribution in [0, 0.1) is 0 Å². The van der Waals surface area contributed by atoms with Crippen LogP contribution in [0.5, 0.6) is 0 Å². The van der Waals surface area contributed by atoms with Gasteiger partial charge in [-0.3, -0.25) is 14.4 Å². The number of esters is 3. The number of unbranched alkanes of at least 4 members (excludes halogenated alkanes) is 28. The van der Waals surface area contributed by atoms with Crippen LogP contribution in [0.25, 0.3) is 0 Å². The molecule has 322 valence electrons. The van der Waals surface area contributed by atoms with Crippen molar-refractivity contribution in [2.75, 3.05) is 13.2 Å². The monoisotopic (exact) mass is 775 g/mol. The van der Waals surface area contributed by atoms with E-state index >= 15 is 0 Å². The van der Waals surface area contributed by atoms with Crippen LogP contribution in [0.2, 0.25) is 0 Å². The molecule has 0 bridgehead atoms. The van der Waals surface area contributed by atoms with Crippen LogP contribution in [0.15, 0.2) is 24.3 Å². The third-order valence-electron chi connectivity index (χ3n) is 10.5. The van der Waals surface area contributed by atoms with Gasteiger partial charge < -0.3 is 14.2 Å². The Morgan fingerprint density at radius 3 is 1.04 bits per heavy atom. The van der Waals surface area contributed by atoms with Gasteiger partial charge in [-0.1, -0.05) is 206 Å². The van der Waals surface area contributed by atoms with E-state index in [1.54, 1.807) is 0 Å². The van der Waals surface area contributed by atoms with Gasteiger partial charge in [-0.2, -0.15) is 0 Å². The fraction of sp³-hybridized carbons (Fsp3) is 0.857. The molecule has 55 heavy (non-hydrogen) atoms. The SMILES string of the molecule is CCCCC/C=C\C/C=C\CCCCCCCC(=O)OC[C@@H](COC(=O)CCCCCCCCCCC)OC(=O)CCCCCCCCCCCCCCC. The lowest BCUT2D eigenvalue weighted by molar-refractivity contribution is -0.167. The lowest BCUT2D eigenvalue weighted by Gasteiger charge is -2.18. The Kier molecular flexibility index (Phi) is 42.9. The largest absolute Gasteiger partial charge is 0.462 e. The number of hydrogen-bond donors (Lipinski definition) is 0. The molecule has 0 saturated heterocycles. The maximum atomic E-state index is 12.7. The summed E-state index contributed by atoms with van der Waals surface area (Å²) in [5.41, 5.74) is 0. The zero-order chi connectivity index (χ0) is 40.1. The number of carbonyl (C=O) groups is 3. The minimum absolute atomic E-state index is 0.0718. The van der Waals surface area contributed by atoms with Crippen LogP contribution < -0.4 is 0 Å². The summed E-state index contributed by atoms with van der Waals surface area (Å²) in [6.45, 7) is 6.59. The van der Waals surface area contributed by atoms with E-state index in [-0.39, 0.29) is 31.1 Å². The number of allylic oxidation sites excluding steroid dienone is 4. The van der Waals surface area contributed by atoms with Gasteiger partial charge in [-0.05, 0) is 51.4 Å². The Bertz CT molecular complexity index is 896. The van der Waals surface area contributed by atoms with Crippen molar-refractivity contribution >= 4 is 17.9 Å². The Morgan fingerprint density at radius 2 is 0.655 bits per heavy atom. The van der Waals surface area contributed by atoms with Crippen molar-refractivity contribution in [1.82, 2.24) is 0 Å². The molecule has 0 aromatic heterocycles. The highest BCUT2D eigenvalue weighted by Crippen LogP contribution is 2.15. The van der Waals surface area contributed by atoms with Crippen LogP contribution in [-0.4, -0.2) is 37.2 Å². The van der Waals surface area contributed by atoms with Crippen LogP contribution in [0.1, 0.15) is 252 Å². The maximum absolute atomic E-state index is 12.7. The lowest BCUT2D eigenvalue weighted by atomic mass is 10.0. The molecule has 0 rings (SSSR count). The van der Waals surface area contributed by atoms with E-state index in [0.29, 0.717) is 19.3 Å². The molecular weight excluding hydrogens is 685 g/mol. The van der Waals surface area contributed by atoms with Gasteiger partial charge in [0, 0.05) is 19.3 Å². The van der Waals surface area contributed by atoms with E-state index in [2.05, 4.69) is 45.1 Å². The van der Waals surface area contributed by atoms with Gasteiger partial charge in [0.15, 0.2) is 6.10 Å². The Labute approximate surface area is 341 Å². The first-order valence-corrected chi connectivity index (χ1v) is 23.8. The molecule has 0 spiro atoms. The summed E-state index contributed by atoms with van der Waals surface area (Å²) in [6.07, 6.45) is 48.7. The highest BCUT2D eigenvalue weighted by Gasteiger charge is 2.19. The summed E-state index contributed by atoms with van der Waals surface area (Å²) in [5, 5.41) is 0. The molecule has 0 unspecified atom stereocenters. The second-order valence-electron chi connectivity index (χ2n) is 16.0. The summed E-state index contributed by atoms with van der Waals surface area (Å²) in [7, 11) is 0. The van der Waals surface area contributed by atoms with Crippen LogP contribution >= 0.6 is 0 Å². The van der Waals surface area contributed by atoms with Crippen molar-refractivity contribution in [1.29, 1.82) is 0 Å². The standard InChI is InChI=1S/C49H90O6/c1-4-7-10-13-16-19-21-23-24-26-27-30-33-36-39-42-48(51)54-45-46(44-53-47(50)41-38-35-32-29-18-15-12-9-6-3)55-49(52)43-40-37-34-31-28-25-22-20-17-14-11-8-5-2/h16,19,23-24,46H,4-15,17-18,20-22,25-45H2,1-3H3/b19-16-,24-23-/t46-/m1/s1. The molecule has 0 amide bonds. The molecule has 0 fully saturated rings. The summed E-state index contributed by atoms with van der Waals surface area (Å²) in [4.78, 5) is 37.7. The predicted molar refractivity (Wildman–Crippen MR) is 233 cm³/mol. The first kappa shape index (κ1) is 52.9. The zero-order valence-electron chi connectivity index (χ0n) is 36.7. The third kappa shape index (κ3) is 42.9. The molecular formula is C49H90O6. The molecule has 0 aliphatic rings. The average molecular weight is 775 g/mol. The summed E-state index contributed by atoms with van der Waals surface area (Å²) in [6, 6.07) is 0. The lowest BCUT2D eigenvalue weighted by Crippen LogP contribution is -2.30. The second kappa shape index (κ2) is 44.6. The van der Waals surface area contributed by atoms with E-state index in [1.807, 2.05) is 0 Å². The van der Waals surface area contributed by atoms with Crippen molar-refractivity contribution in [3.8, 4) is 0 Å². The smallest absolute Gasteiger partial charge is 0.306 e. The first-order chi connectivity index (χ1) is 27.0. The first-order valence-electron chi connectivity index (χ1n) is 23.8. The number of hydrogen-bond acceptors (Lipinski definition) is 6. The molecule has 0 heterocycles. The van der Waals surface area contributed by atoms with Crippen molar-refractivity contribution in [2.45, 2.75) is 258 Å². The molecule has 6 heteroatoms. The summed E-state index contributed by atoms with van der Waals surface area (Å²) < 4.78 is 16.7. The molecule has 0 aliphatic carbocycles. The summed E-state index contributed by atoms with van der Waals surface area (Å²) >= 11 is 0. The fourth-order valence-corrected chi connectivity index (χ4v) is 6.82. The zero-order valence-corrected chi connectivity index (χ0v) is 36.7. The Morgan fingerprint density at radius 1 is 0.364 bits per heavy atom. The van der Waals surface area contributed by atoms with Gasteiger partial charge in [-0.25, -0.2) is 0 Å². The number of carbonyl (C=O) groups excluding carboxylic acids is 3. The number of ether oxygens (including phenoxy) is 3. The maximum Gasteiger partial charge on any atom is 0.306 e. The summed E-state index contributed by atoms with van der Waals surface area (Å²) in [5.74, 6) is -0.881. The van der Waals surface area contributed by atoms with E-state index in [4.69, 9.17) is 14.2 Å². The molecule has 0 N–H and O–H groups in total. The van der Waals surface area contributed by atoms with E-state index in [9.17, 15) is 14.4 Å². The van der Waals surface area contributed by atoms with Gasteiger partial charge in [0.25, 0.3) is 0 Å². The highest BCUT2D eigenvalue weighted by molar-refractivity contribution is 5.71. The molecule has 0 aromatic rings. The van der Waals surface area contributed by atoms with Gasteiger partial charge in [0.05, 0.1) is 0 Å². The number of rotatable bonds is 43. The molecule has 0 aromatic carbocycles. The van der Waals surface area contributed by atoms with E-state index in [0.717, 1.165) is 77.0 Å². The van der Waals surface area contributed by atoms with E-state index in [1.165, 1.54) is 135 Å². The second-order valence-corrected chi connectivity index (χ2v) is 16.0. The van der Waals surface area contributed by atoms with E-state index < -0.39 is 6.10 Å². The van der Waals surface area contributed by atoms with Crippen molar-refractivity contribution < 1.29 is 28.6 Å². The topological polar surface area (TPSA) is 78.9 Å². The quantitative estimate of drug-likeness (QED) is 0.0266. The van der Waals surface area contributed by atoms with Gasteiger partial charge in [0.1, 0.15) is 13.2 Å². The van der Waals surface area contributed by atoms with Crippen molar-refractivity contribution in [2.24, 2.45) is 0 Å². The molecule has 6 nitrogen and oxygen atoms in total. The molecule has 1 atom stereocenters. The normalized spacial score (nSPS) is 12.1. The van der Waals surface area contributed by atoms with Crippen LogP contribution in [0.4, 0.5) is 0 Å². The Hall–Kier alpha value is -2.11. The highest BCUT2D eigenvalue weighted by atomic mass is 16.6. The average Bonchev–Trinajstić information content (AvgIpc) is 3.18. The van der Waals surface area contributed by atoms with Crippen LogP contribution in [0.3, 0.4) is 0 Å². The molecule has 0 saturated carbocycles. The van der Waals surface area contributed by atoms with Gasteiger partial charge in [0.2, 0.25) is 0 Å².